The van der Waals surface area contributed by atoms with E-state index in [1.165, 1.54) is 5.56 Å². The number of hydrogen-bond acceptors (Lipinski definition) is 3. The zero-order valence-electron chi connectivity index (χ0n) is 12.8. The summed E-state index contributed by atoms with van der Waals surface area (Å²) in [5, 5.41) is 0. The van der Waals surface area contributed by atoms with Crippen molar-refractivity contribution >= 4 is 11.8 Å². The van der Waals surface area contributed by atoms with Gasteiger partial charge in [-0.3, -0.25) is 14.5 Å². The number of nitrogens with two attached hydrogens (primary N) is 1. The van der Waals surface area contributed by atoms with Crippen LogP contribution in [0.3, 0.4) is 0 Å². The summed E-state index contributed by atoms with van der Waals surface area (Å²) < 4.78 is 0. The van der Waals surface area contributed by atoms with Crippen LogP contribution in [0.15, 0.2) is 30.3 Å². The molecule has 1 aromatic carbocycles. The summed E-state index contributed by atoms with van der Waals surface area (Å²) >= 11 is 0. The van der Waals surface area contributed by atoms with Gasteiger partial charge >= 0.3 is 0 Å². The third-order valence-electron chi connectivity index (χ3n) is 4.80. The number of nitrogens with zero attached hydrogens (tertiary/aromatic N) is 2. The zero-order valence-corrected chi connectivity index (χ0v) is 12.8. The third kappa shape index (κ3) is 3.14. The van der Waals surface area contributed by atoms with Crippen molar-refractivity contribution in [3.8, 4) is 0 Å². The number of amides is 2. The summed E-state index contributed by atoms with van der Waals surface area (Å²) in [5.74, 6) is 0.0751. The molecule has 2 saturated heterocycles. The van der Waals surface area contributed by atoms with Crippen molar-refractivity contribution in [2.45, 2.75) is 25.3 Å². The van der Waals surface area contributed by atoms with Gasteiger partial charge in [-0.1, -0.05) is 30.3 Å². The Morgan fingerprint density at radius 3 is 2.27 bits per heavy atom. The van der Waals surface area contributed by atoms with E-state index in [-0.39, 0.29) is 23.8 Å². The summed E-state index contributed by atoms with van der Waals surface area (Å²) in [4.78, 5) is 27.7. The van der Waals surface area contributed by atoms with Gasteiger partial charge in [0.05, 0.1) is 12.6 Å². The minimum atomic E-state index is -0.295. The SMILES string of the molecule is NC(=O)CN1CCC(C(=O)N2CC[C@@H]2c2ccccc2)CC1. The lowest BCUT2D eigenvalue weighted by Gasteiger charge is -2.44. The van der Waals surface area contributed by atoms with Crippen molar-refractivity contribution in [1.29, 1.82) is 0 Å². The van der Waals surface area contributed by atoms with E-state index in [4.69, 9.17) is 5.73 Å². The number of hydrogen-bond donors (Lipinski definition) is 1. The average Bonchev–Trinajstić information content (AvgIpc) is 2.47. The van der Waals surface area contributed by atoms with Gasteiger partial charge in [-0.05, 0) is 37.9 Å². The first-order valence-corrected chi connectivity index (χ1v) is 8.01. The highest BCUT2D eigenvalue weighted by Gasteiger charge is 2.37. The van der Waals surface area contributed by atoms with Gasteiger partial charge in [0.15, 0.2) is 0 Å². The van der Waals surface area contributed by atoms with Crippen molar-refractivity contribution < 1.29 is 9.59 Å². The maximum atomic E-state index is 12.7. The fraction of sp³-hybridized carbons (Fsp3) is 0.529. The first-order chi connectivity index (χ1) is 10.6. The first-order valence-electron chi connectivity index (χ1n) is 8.01. The molecule has 0 spiro atoms. The summed E-state index contributed by atoms with van der Waals surface area (Å²) in [6, 6.07) is 10.5. The summed E-state index contributed by atoms with van der Waals surface area (Å²) in [5.41, 5.74) is 6.45. The number of piperidine rings is 1. The van der Waals surface area contributed by atoms with Crippen molar-refractivity contribution in [3.05, 3.63) is 35.9 Å². The molecular formula is C17H23N3O2. The molecule has 0 unspecified atom stereocenters. The van der Waals surface area contributed by atoms with Crippen LogP contribution in [0.2, 0.25) is 0 Å². The van der Waals surface area contributed by atoms with Crippen molar-refractivity contribution in [2.75, 3.05) is 26.2 Å². The second-order valence-electron chi connectivity index (χ2n) is 6.26. The molecule has 2 N–H and O–H groups in total. The maximum absolute atomic E-state index is 12.7. The predicted octanol–water partition coefficient (Wildman–Crippen LogP) is 1.16. The molecule has 2 aliphatic heterocycles. The van der Waals surface area contributed by atoms with Crippen molar-refractivity contribution in [1.82, 2.24) is 9.80 Å². The van der Waals surface area contributed by atoms with Gasteiger partial charge in [-0.2, -0.15) is 0 Å². The molecule has 0 bridgehead atoms. The number of primary amides is 1. The lowest BCUT2D eigenvalue weighted by molar-refractivity contribution is -0.145. The summed E-state index contributed by atoms with van der Waals surface area (Å²) in [6.07, 6.45) is 2.70. The minimum Gasteiger partial charge on any atom is -0.369 e. The molecule has 1 atom stereocenters. The van der Waals surface area contributed by atoms with E-state index in [0.717, 1.165) is 38.9 Å². The van der Waals surface area contributed by atoms with Crippen LogP contribution in [0, 0.1) is 5.92 Å². The first kappa shape index (κ1) is 15.0. The molecule has 2 aliphatic rings. The number of carbonyl (C=O) groups is 2. The Hall–Kier alpha value is -1.88. The Balaban J connectivity index is 1.55. The van der Waals surface area contributed by atoms with Crippen LogP contribution in [0.1, 0.15) is 30.9 Å². The largest absolute Gasteiger partial charge is 0.369 e. The van der Waals surface area contributed by atoms with Crippen LogP contribution in [0.25, 0.3) is 0 Å². The van der Waals surface area contributed by atoms with Crippen LogP contribution in [-0.2, 0) is 9.59 Å². The highest BCUT2D eigenvalue weighted by molar-refractivity contribution is 5.80. The monoisotopic (exact) mass is 301 g/mol. The topological polar surface area (TPSA) is 66.6 Å². The van der Waals surface area contributed by atoms with Crippen LogP contribution in [0.4, 0.5) is 0 Å². The molecule has 3 rings (SSSR count). The molecule has 5 heteroatoms. The van der Waals surface area contributed by atoms with E-state index in [1.807, 2.05) is 28.0 Å². The fourth-order valence-electron chi connectivity index (χ4n) is 3.47. The highest BCUT2D eigenvalue weighted by atomic mass is 16.2. The second kappa shape index (κ2) is 6.48. The van der Waals surface area contributed by atoms with E-state index >= 15 is 0 Å². The van der Waals surface area contributed by atoms with Gasteiger partial charge in [0.1, 0.15) is 0 Å². The average molecular weight is 301 g/mol. The highest BCUT2D eigenvalue weighted by Crippen LogP contribution is 2.35. The summed E-state index contributed by atoms with van der Waals surface area (Å²) in [7, 11) is 0. The third-order valence-corrected chi connectivity index (χ3v) is 4.80. The van der Waals surface area contributed by atoms with E-state index in [0.29, 0.717) is 6.54 Å². The molecule has 0 saturated carbocycles. The maximum Gasteiger partial charge on any atom is 0.231 e. The van der Waals surface area contributed by atoms with Crippen molar-refractivity contribution in [2.24, 2.45) is 11.7 Å². The molecule has 0 aliphatic carbocycles. The normalized spacial score (nSPS) is 23.1. The zero-order chi connectivity index (χ0) is 15.5. The molecule has 2 fully saturated rings. The van der Waals surface area contributed by atoms with Gasteiger partial charge in [0.2, 0.25) is 11.8 Å². The van der Waals surface area contributed by atoms with Crippen molar-refractivity contribution in [3.63, 3.8) is 0 Å². The number of carbonyl (C=O) groups excluding carboxylic acids is 2. The van der Waals surface area contributed by atoms with Crippen LogP contribution in [0.5, 0.6) is 0 Å². The van der Waals surface area contributed by atoms with E-state index in [1.54, 1.807) is 0 Å². The molecule has 2 amide bonds. The lowest BCUT2D eigenvalue weighted by Crippen LogP contribution is -2.50. The molecule has 22 heavy (non-hydrogen) atoms. The number of benzene rings is 1. The standard InChI is InChI=1S/C17H23N3O2/c18-16(21)12-19-9-6-14(7-10-19)17(22)20-11-8-15(20)13-4-2-1-3-5-13/h1-5,14-15H,6-12H2,(H2,18,21)/t15-/m1/s1. The smallest absolute Gasteiger partial charge is 0.231 e. The number of likely N-dealkylation sites (tertiary alicyclic amines) is 2. The lowest BCUT2D eigenvalue weighted by atomic mass is 9.89. The molecule has 1 aromatic rings. The molecule has 0 aromatic heterocycles. The van der Waals surface area contributed by atoms with E-state index in [9.17, 15) is 9.59 Å². The quantitative estimate of drug-likeness (QED) is 0.907. The van der Waals surface area contributed by atoms with Gasteiger partial charge in [-0.15, -0.1) is 0 Å². The van der Waals surface area contributed by atoms with Crippen LogP contribution in [-0.4, -0.2) is 47.8 Å². The molecule has 2 heterocycles. The Morgan fingerprint density at radius 1 is 1.05 bits per heavy atom. The van der Waals surface area contributed by atoms with E-state index in [2.05, 4.69) is 12.1 Å². The predicted molar refractivity (Wildman–Crippen MR) is 83.9 cm³/mol. The molecule has 5 nitrogen and oxygen atoms in total. The van der Waals surface area contributed by atoms with Crippen LogP contribution < -0.4 is 5.73 Å². The Kier molecular flexibility index (Phi) is 4.43. The minimum absolute atomic E-state index is 0.0932. The Bertz CT molecular complexity index is 538. The Labute approximate surface area is 131 Å². The Morgan fingerprint density at radius 2 is 1.73 bits per heavy atom. The van der Waals surface area contributed by atoms with Gasteiger partial charge in [0.25, 0.3) is 0 Å². The fourth-order valence-corrected chi connectivity index (χ4v) is 3.47. The van der Waals surface area contributed by atoms with Crippen LogP contribution >= 0.6 is 0 Å². The second-order valence-corrected chi connectivity index (χ2v) is 6.26. The molecular weight excluding hydrogens is 278 g/mol. The van der Waals surface area contributed by atoms with E-state index < -0.39 is 0 Å². The van der Waals surface area contributed by atoms with Gasteiger partial charge in [-0.25, -0.2) is 0 Å². The van der Waals surface area contributed by atoms with Gasteiger partial charge in [0, 0.05) is 12.5 Å². The van der Waals surface area contributed by atoms with Gasteiger partial charge < -0.3 is 10.6 Å². The number of rotatable bonds is 4. The molecule has 0 radical (unpaired) electrons. The summed E-state index contributed by atoms with van der Waals surface area (Å²) in [6.45, 7) is 2.73. The molecule has 118 valence electrons.